The zero-order chi connectivity index (χ0) is 24.9. The molecule has 7 aromatic rings. The number of ether oxygens (including phenoxy) is 1. The highest BCUT2D eigenvalue weighted by atomic mass is 16.5. The summed E-state index contributed by atoms with van der Waals surface area (Å²) in [7, 11) is 0. The molecule has 4 aromatic carbocycles. The predicted octanol–water partition coefficient (Wildman–Crippen LogP) is 5.04. The summed E-state index contributed by atoms with van der Waals surface area (Å²) in [4.78, 5) is 36.9. The average Bonchev–Trinajstić information content (AvgIpc) is 3.50. The van der Waals surface area contributed by atoms with Crippen LogP contribution in [0.3, 0.4) is 0 Å². The number of nitrogens with one attached hydrogen (secondary N) is 3. The second-order valence-electron chi connectivity index (χ2n) is 9.21. The lowest BCUT2D eigenvalue weighted by Gasteiger charge is -2.09. The Kier molecular flexibility index (Phi) is 4.82. The standard InChI is InChI=1S/C30H22N4O3/c35-25(31-11-9-17-14-33-24-8-4-3-5-19(17)24)16-37-18-13-23-21-10-12-32-28-22-7-2-1-6-20(22)27(26(21)28)30(36)29(23)34-15-18/h1-8,10,12-15,32-33H,9,11,16H2,(H,31,35). The van der Waals surface area contributed by atoms with E-state index >= 15 is 0 Å². The molecule has 0 atom stereocenters. The van der Waals surface area contributed by atoms with Crippen molar-refractivity contribution in [3.8, 4) is 5.75 Å². The van der Waals surface area contributed by atoms with E-state index in [9.17, 15) is 9.59 Å². The molecule has 0 saturated carbocycles. The summed E-state index contributed by atoms with van der Waals surface area (Å²) < 4.78 is 5.77. The maximum Gasteiger partial charge on any atom is 0.257 e. The van der Waals surface area contributed by atoms with Gasteiger partial charge in [-0.15, -0.1) is 0 Å². The van der Waals surface area contributed by atoms with Gasteiger partial charge < -0.3 is 20.0 Å². The fraction of sp³-hybridized carbons (Fsp3) is 0.100. The number of para-hydroxylation sites is 1. The first-order chi connectivity index (χ1) is 18.2. The molecule has 7 heteroatoms. The molecule has 180 valence electrons. The minimum Gasteiger partial charge on any atom is -0.482 e. The van der Waals surface area contributed by atoms with Crippen molar-refractivity contribution in [3.63, 3.8) is 0 Å². The Labute approximate surface area is 210 Å². The van der Waals surface area contributed by atoms with E-state index in [0.717, 1.165) is 49.9 Å². The van der Waals surface area contributed by atoms with Crippen LogP contribution in [-0.2, 0) is 11.2 Å². The fourth-order valence-electron chi connectivity index (χ4n) is 5.39. The van der Waals surface area contributed by atoms with Crippen LogP contribution in [0.15, 0.2) is 84.0 Å². The Morgan fingerprint density at radius 1 is 0.892 bits per heavy atom. The molecule has 7 nitrogen and oxygen atoms in total. The molecule has 3 heterocycles. The molecule has 0 fully saturated rings. The maximum absolute atomic E-state index is 13.5. The number of hydrogen-bond donors (Lipinski definition) is 3. The van der Waals surface area contributed by atoms with E-state index in [1.54, 1.807) is 6.07 Å². The lowest BCUT2D eigenvalue weighted by molar-refractivity contribution is -0.123. The number of rotatable bonds is 6. The maximum atomic E-state index is 13.5. The Bertz CT molecular complexity index is 2020. The van der Waals surface area contributed by atoms with Gasteiger partial charge in [-0.05, 0) is 41.0 Å². The third-order valence-electron chi connectivity index (χ3n) is 7.07. The number of aromatic nitrogens is 3. The molecule has 0 bridgehead atoms. The Morgan fingerprint density at radius 3 is 2.57 bits per heavy atom. The van der Waals surface area contributed by atoms with Crippen LogP contribution in [-0.4, -0.2) is 34.0 Å². The zero-order valence-corrected chi connectivity index (χ0v) is 19.8. The molecule has 3 aromatic heterocycles. The molecule has 0 spiro atoms. The van der Waals surface area contributed by atoms with Crippen LogP contribution in [0.5, 0.6) is 5.75 Å². The highest BCUT2D eigenvalue weighted by Crippen LogP contribution is 2.38. The molecule has 0 radical (unpaired) electrons. The number of H-pyrrole nitrogens is 2. The second kappa shape index (κ2) is 8.34. The van der Waals surface area contributed by atoms with Crippen molar-refractivity contribution < 1.29 is 9.53 Å². The lowest BCUT2D eigenvalue weighted by atomic mass is 10.0. The Morgan fingerprint density at radius 2 is 1.68 bits per heavy atom. The number of carbonyl (C=O) groups excluding carboxylic acids is 1. The molecule has 0 aliphatic heterocycles. The third kappa shape index (κ3) is 3.39. The molecule has 37 heavy (non-hydrogen) atoms. The first-order valence-corrected chi connectivity index (χ1v) is 12.2. The largest absolute Gasteiger partial charge is 0.482 e. The molecule has 0 aliphatic rings. The van der Waals surface area contributed by atoms with Gasteiger partial charge in [0.2, 0.25) is 5.43 Å². The smallest absolute Gasteiger partial charge is 0.257 e. The highest BCUT2D eigenvalue weighted by molar-refractivity contribution is 6.33. The summed E-state index contributed by atoms with van der Waals surface area (Å²) in [6.07, 6.45) is 6.09. The van der Waals surface area contributed by atoms with Gasteiger partial charge in [-0.2, -0.15) is 0 Å². The van der Waals surface area contributed by atoms with Gasteiger partial charge in [0, 0.05) is 51.4 Å². The first-order valence-electron chi connectivity index (χ1n) is 12.2. The van der Waals surface area contributed by atoms with Gasteiger partial charge in [-0.25, -0.2) is 4.98 Å². The van der Waals surface area contributed by atoms with Gasteiger partial charge in [0.25, 0.3) is 5.91 Å². The van der Waals surface area contributed by atoms with Crippen molar-refractivity contribution >= 4 is 60.2 Å². The average molecular weight is 487 g/mol. The fourth-order valence-corrected chi connectivity index (χ4v) is 5.39. The van der Waals surface area contributed by atoms with Crippen LogP contribution in [0, 0.1) is 0 Å². The zero-order valence-electron chi connectivity index (χ0n) is 19.8. The minimum absolute atomic E-state index is 0.102. The molecular weight excluding hydrogens is 464 g/mol. The second-order valence-corrected chi connectivity index (χ2v) is 9.21. The number of nitrogens with zero attached hydrogens (tertiary/aromatic N) is 1. The van der Waals surface area contributed by atoms with E-state index in [0.29, 0.717) is 28.6 Å². The van der Waals surface area contributed by atoms with Crippen LogP contribution in [0.2, 0.25) is 0 Å². The summed E-state index contributed by atoms with van der Waals surface area (Å²) >= 11 is 0. The Hall–Kier alpha value is -4.91. The summed E-state index contributed by atoms with van der Waals surface area (Å²) in [5.74, 6) is 0.230. The van der Waals surface area contributed by atoms with E-state index in [1.165, 1.54) is 6.20 Å². The molecule has 3 N–H and O–H groups in total. The number of hydrogen-bond acceptors (Lipinski definition) is 4. The van der Waals surface area contributed by atoms with Crippen LogP contribution in [0.25, 0.3) is 54.3 Å². The van der Waals surface area contributed by atoms with Gasteiger partial charge in [-0.3, -0.25) is 9.59 Å². The van der Waals surface area contributed by atoms with Crippen molar-refractivity contribution in [2.75, 3.05) is 13.2 Å². The molecular formula is C30H22N4O3. The van der Waals surface area contributed by atoms with Crippen LogP contribution in [0.4, 0.5) is 0 Å². The number of amides is 1. The van der Waals surface area contributed by atoms with E-state index in [-0.39, 0.29) is 17.9 Å². The summed E-state index contributed by atoms with van der Waals surface area (Å²) in [5.41, 5.74) is 3.47. The van der Waals surface area contributed by atoms with E-state index in [4.69, 9.17) is 4.74 Å². The van der Waals surface area contributed by atoms with E-state index < -0.39 is 0 Å². The summed E-state index contributed by atoms with van der Waals surface area (Å²) in [6, 6.07) is 19.8. The highest BCUT2D eigenvalue weighted by Gasteiger charge is 2.19. The molecule has 0 unspecified atom stereocenters. The molecule has 7 rings (SSSR count). The van der Waals surface area contributed by atoms with E-state index in [2.05, 4.69) is 26.3 Å². The summed E-state index contributed by atoms with van der Waals surface area (Å²) in [5, 5.41) is 9.22. The number of benzene rings is 3. The third-order valence-corrected chi connectivity index (χ3v) is 7.07. The topological polar surface area (TPSA) is 99.9 Å². The van der Waals surface area contributed by atoms with Gasteiger partial charge in [-0.1, -0.05) is 42.5 Å². The van der Waals surface area contributed by atoms with Crippen LogP contribution in [0.1, 0.15) is 5.56 Å². The lowest BCUT2D eigenvalue weighted by Crippen LogP contribution is -2.30. The Balaban J connectivity index is 1.13. The normalized spacial score (nSPS) is 11.8. The number of aromatic amines is 2. The van der Waals surface area contributed by atoms with Crippen molar-refractivity contribution in [2.45, 2.75) is 6.42 Å². The quantitative estimate of drug-likeness (QED) is 0.287. The van der Waals surface area contributed by atoms with Crippen LogP contribution >= 0.6 is 0 Å². The van der Waals surface area contributed by atoms with Gasteiger partial charge in [0.15, 0.2) is 6.61 Å². The number of pyridine rings is 2. The molecule has 0 aliphatic carbocycles. The van der Waals surface area contributed by atoms with Gasteiger partial charge >= 0.3 is 0 Å². The monoisotopic (exact) mass is 486 g/mol. The van der Waals surface area contributed by atoms with E-state index in [1.807, 2.05) is 60.9 Å². The van der Waals surface area contributed by atoms with Gasteiger partial charge in [0.05, 0.1) is 11.7 Å². The van der Waals surface area contributed by atoms with Crippen molar-refractivity contribution in [1.82, 2.24) is 20.3 Å². The van der Waals surface area contributed by atoms with Crippen molar-refractivity contribution in [1.29, 1.82) is 0 Å². The number of carbonyl (C=O) groups is 1. The molecule has 0 saturated heterocycles. The van der Waals surface area contributed by atoms with Crippen molar-refractivity contribution in [2.24, 2.45) is 0 Å². The number of fused-ring (bicyclic) bond motifs is 6. The van der Waals surface area contributed by atoms with Gasteiger partial charge in [0.1, 0.15) is 11.3 Å². The first kappa shape index (κ1) is 21.4. The summed E-state index contributed by atoms with van der Waals surface area (Å²) in [6.45, 7) is 0.374. The minimum atomic E-state index is -0.213. The van der Waals surface area contributed by atoms with Crippen LogP contribution < -0.4 is 15.5 Å². The SMILES string of the molecule is O=C(COc1cnc2c(=O)c3c4ccccc4c4[nH]ccc(c2c1)c43)NCCc1c[nH]c2ccccc12. The molecule has 1 amide bonds. The predicted molar refractivity (Wildman–Crippen MR) is 147 cm³/mol. The van der Waals surface area contributed by atoms with Crippen molar-refractivity contribution in [3.05, 3.63) is 95.0 Å².